The number of hydrogen-bond donors (Lipinski definition) is 3. The second-order valence-electron chi connectivity index (χ2n) is 2.28. The molecule has 58 valence electrons. The maximum atomic E-state index is 9.04. The van der Waals surface area contributed by atoms with Crippen molar-refractivity contribution in [2.75, 3.05) is 6.54 Å². The second-order valence-corrected chi connectivity index (χ2v) is 2.28. The van der Waals surface area contributed by atoms with Gasteiger partial charge in [-0.1, -0.05) is 0 Å². The first-order valence-corrected chi connectivity index (χ1v) is 3.23. The van der Waals surface area contributed by atoms with Gasteiger partial charge in [-0.15, -0.1) is 0 Å². The highest BCUT2D eigenvalue weighted by Gasteiger charge is 2.20. The summed E-state index contributed by atoms with van der Waals surface area (Å²) in [4.78, 5) is 0. The van der Waals surface area contributed by atoms with Crippen LogP contribution in [0.1, 0.15) is 6.42 Å². The van der Waals surface area contributed by atoms with E-state index in [9.17, 15) is 0 Å². The molecule has 0 spiro atoms. The van der Waals surface area contributed by atoms with E-state index < -0.39 is 6.29 Å². The summed E-state index contributed by atoms with van der Waals surface area (Å²) >= 11 is 0. The van der Waals surface area contributed by atoms with Crippen LogP contribution in [0.2, 0.25) is 0 Å². The predicted octanol–water partition coefficient (Wildman–Crippen LogP) is -1.10. The molecule has 0 aromatic heterocycles. The molecule has 1 aliphatic heterocycles. The van der Waals surface area contributed by atoms with Gasteiger partial charge < -0.3 is 21.3 Å². The summed E-state index contributed by atoms with van der Waals surface area (Å²) in [5.41, 5.74) is 10.7. The summed E-state index contributed by atoms with van der Waals surface area (Å²) in [6, 6.07) is -0.310. The van der Waals surface area contributed by atoms with Crippen LogP contribution in [0, 0.1) is 0 Å². The number of rotatable bonds is 1. The van der Waals surface area contributed by atoms with E-state index in [0.717, 1.165) is 0 Å². The van der Waals surface area contributed by atoms with Crippen LogP contribution in [0.3, 0.4) is 0 Å². The van der Waals surface area contributed by atoms with Crippen molar-refractivity contribution < 1.29 is 9.84 Å². The van der Waals surface area contributed by atoms with E-state index in [1.165, 1.54) is 0 Å². The third-order valence-electron chi connectivity index (χ3n) is 1.46. The molecule has 5 N–H and O–H groups in total. The van der Waals surface area contributed by atoms with Crippen molar-refractivity contribution in [3.63, 3.8) is 0 Å². The van der Waals surface area contributed by atoms with E-state index in [1.807, 2.05) is 0 Å². The largest absolute Gasteiger partial charge is 0.467 e. The molecule has 0 saturated carbocycles. The van der Waals surface area contributed by atoms with Crippen LogP contribution in [0.15, 0.2) is 11.8 Å². The molecule has 0 unspecified atom stereocenters. The molecule has 1 aliphatic rings. The minimum Gasteiger partial charge on any atom is -0.467 e. The molecule has 0 amide bonds. The quantitative estimate of drug-likeness (QED) is 0.436. The molecule has 0 aromatic carbocycles. The SMILES string of the molecule is NCC1=CC[C@@H](N)[C@@H](O)O1. The minimum atomic E-state index is -0.886. The van der Waals surface area contributed by atoms with Gasteiger partial charge in [0.2, 0.25) is 6.29 Å². The van der Waals surface area contributed by atoms with E-state index in [2.05, 4.69) is 0 Å². The molecule has 1 rings (SSSR count). The Kier molecular flexibility index (Phi) is 2.26. The standard InChI is InChI=1S/C6H12N2O2/c7-3-4-1-2-5(8)6(9)10-4/h1,5-6,9H,2-3,7-8H2/t5-,6+/m1/s1. The second kappa shape index (κ2) is 3.01. The van der Waals surface area contributed by atoms with E-state index in [0.29, 0.717) is 18.7 Å². The van der Waals surface area contributed by atoms with Crippen molar-refractivity contribution in [1.82, 2.24) is 0 Å². The predicted molar refractivity (Wildman–Crippen MR) is 36.8 cm³/mol. The topological polar surface area (TPSA) is 81.5 Å². The molecular weight excluding hydrogens is 132 g/mol. The number of aliphatic hydroxyl groups excluding tert-OH is 1. The van der Waals surface area contributed by atoms with Crippen molar-refractivity contribution in [2.24, 2.45) is 11.5 Å². The van der Waals surface area contributed by atoms with Gasteiger partial charge in [-0.3, -0.25) is 0 Å². The van der Waals surface area contributed by atoms with Crippen LogP contribution >= 0.6 is 0 Å². The fourth-order valence-electron chi connectivity index (χ4n) is 0.806. The fourth-order valence-corrected chi connectivity index (χ4v) is 0.806. The maximum absolute atomic E-state index is 9.04. The Labute approximate surface area is 59.5 Å². The molecule has 4 heteroatoms. The summed E-state index contributed by atoms with van der Waals surface area (Å²) in [6.45, 7) is 0.323. The molecule has 2 atom stereocenters. The molecule has 0 fully saturated rings. The van der Waals surface area contributed by atoms with Crippen LogP contribution < -0.4 is 11.5 Å². The van der Waals surface area contributed by atoms with Gasteiger partial charge >= 0.3 is 0 Å². The third-order valence-corrected chi connectivity index (χ3v) is 1.46. The van der Waals surface area contributed by atoms with Crippen molar-refractivity contribution in [1.29, 1.82) is 0 Å². The van der Waals surface area contributed by atoms with Gasteiger partial charge in [-0.2, -0.15) is 0 Å². The molecule has 0 radical (unpaired) electrons. The zero-order valence-corrected chi connectivity index (χ0v) is 5.66. The zero-order valence-electron chi connectivity index (χ0n) is 5.66. The number of aliphatic hydroxyl groups is 1. The normalized spacial score (nSPS) is 32.9. The van der Waals surface area contributed by atoms with E-state index >= 15 is 0 Å². The summed E-state index contributed by atoms with van der Waals surface area (Å²) in [7, 11) is 0. The van der Waals surface area contributed by atoms with Crippen LogP contribution in [0.25, 0.3) is 0 Å². The maximum Gasteiger partial charge on any atom is 0.212 e. The van der Waals surface area contributed by atoms with Gasteiger partial charge in [0.25, 0.3) is 0 Å². The minimum absolute atomic E-state index is 0.310. The lowest BCUT2D eigenvalue weighted by atomic mass is 10.1. The Morgan fingerprint density at radius 2 is 2.50 bits per heavy atom. The molecule has 0 aromatic rings. The van der Waals surface area contributed by atoms with Crippen molar-refractivity contribution in [3.8, 4) is 0 Å². The highest BCUT2D eigenvalue weighted by Crippen LogP contribution is 2.12. The lowest BCUT2D eigenvalue weighted by Crippen LogP contribution is -2.39. The highest BCUT2D eigenvalue weighted by molar-refractivity contribution is 5.01. The van der Waals surface area contributed by atoms with Crippen LogP contribution in [-0.2, 0) is 4.74 Å². The number of nitrogens with two attached hydrogens (primary N) is 2. The Hall–Kier alpha value is -0.580. The van der Waals surface area contributed by atoms with E-state index in [4.69, 9.17) is 21.3 Å². The van der Waals surface area contributed by atoms with Gasteiger partial charge in [0, 0.05) is 0 Å². The van der Waals surface area contributed by atoms with Crippen LogP contribution in [0.5, 0.6) is 0 Å². The van der Waals surface area contributed by atoms with E-state index in [-0.39, 0.29) is 6.04 Å². The third kappa shape index (κ3) is 1.47. The highest BCUT2D eigenvalue weighted by atomic mass is 16.6. The number of ether oxygens (including phenoxy) is 1. The van der Waals surface area contributed by atoms with Crippen molar-refractivity contribution in [2.45, 2.75) is 18.8 Å². The molecular formula is C6H12N2O2. The van der Waals surface area contributed by atoms with Gasteiger partial charge in [-0.25, -0.2) is 0 Å². The molecule has 1 heterocycles. The average Bonchev–Trinajstić information content (AvgIpc) is 1.95. The van der Waals surface area contributed by atoms with Gasteiger partial charge in [0.15, 0.2) is 0 Å². The first kappa shape index (κ1) is 7.53. The molecule has 4 nitrogen and oxygen atoms in total. The summed E-state index contributed by atoms with van der Waals surface area (Å²) in [6.07, 6.45) is 1.55. The lowest BCUT2D eigenvalue weighted by Gasteiger charge is -2.24. The number of hydrogen-bond acceptors (Lipinski definition) is 4. The first-order valence-electron chi connectivity index (χ1n) is 3.23. The molecule has 10 heavy (non-hydrogen) atoms. The Morgan fingerprint density at radius 3 is 3.00 bits per heavy atom. The monoisotopic (exact) mass is 144 g/mol. The summed E-state index contributed by atoms with van der Waals surface area (Å²) < 4.78 is 4.91. The molecule has 0 saturated heterocycles. The van der Waals surface area contributed by atoms with Gasteiger partial charge in [-0.05, 0) is 12.5 Å². The Bertz CT molecular complexity index is 147. The van der Waals surface area contributed by atoms with Crippen LogP contribution in [0.4, 0.5) is 0 Å². The van der Waals surface area contributed by atoms with Crippen molar-refractivity contribution in [3.05, 3.63) is 11.8 Å². The smallest absolute Gasteiger partial charge is 0.212 e. The van der Waals surface area contributed by atoms with Gasteiger partial charge in [0.05, 0.1) is 12.6 Å². The summed E-state index contributed by atoms with van der Waals surface area (Å²) in [5, 5.41) is 9.04. The molecule has 0 aliphatic carbocycles. The fraction of sp³-hybridized carbons (Fsp3) is 0.667. The van der Waals surface area contributed by atoms with E-state index in [1.54, 1.807) is 6.08 Å². The average molecular weight is 144 g/mol. The van der Waals surface area contributed by atoms with Crippen LogP contribution in [-0.4, -0.2) is 24.0 Å². The Morgan fingerprint density at radius 1 is 1.80 bits per heavy atom. The lowest BCUT2D eigenvalue weighted by molar-refractivity contribution is -0.0890. The first-order chi connectivity index (χ1) is 4.74. The van der Waals surface area contributed by atoms with Gasteiger partial charge in [0.1, 0.15) is 5.76 Å². The zero-order chi connectivity index (χ0) is 7.56. The Balaban J connectivity index is 2.52. The van der Waals surface area contributed by atoms with Crippen molar-refractivity contribution >= 4 is 0 Å². The molecule has 0 bridgehead atoms. The summed E-state index contributed by atoms with van der Waals surface area (Å²) in [5.74, 6) is 0.620.